The molecule has 2 fully saturated rings. The van der Waals surface area contributed by atoms with E-state index < -0.39 is 17.5 Å². The van der Waals surface area contributed by atoms with Gasteiger partial charge < -0.3 is 4.79 Å². The summed E-state index contributed by atoms with van der Waals surface area (Å²) in [5.41, 5.74) is 0.740. The molecule has 2 aliphatic carbocycles. The van der Waals surface area contributed by atoms with Crippen molar-refractivity contribution in [2.45, 2.75) is 31.6 Å². The molecular weight excluding hydrogens is 241 g/mol. The van der Waals surface area contributed by atoms with Crippen LogP contribution in [0.3, 0.4) is 0 Å². The quantitative estimate of drug-likeness (QED) is 0.582. The van der Waals surface area contributed by atoms with Crippen LogP contribution in [0.15, 0.2) is 12.1 Å². The average Bonchev–Trinajstić information content (AvgIpc) is 2.22. The Morgan fingerprint density at radius 2 is 1.61 bits per heavy atom. The molecule has 3 rings (SSSR count). The lowest BCUT2D eigenvalue weighted by atomic mass is 9.47. The van der Waals surface area contributed by atoms with Crippen LogP contribution in [0.5, 0.6) is 0 Å². The first kappa shape index (κ1) is 11.8. The fraction of sp³-hybridized carbons (Fsp3) is 0.500. The molecule has 0 aromatic heterocycles. The van der Waals surface area contributed by atoms with Gasteiger partial charge in [0, 0.05) is 5.92 Å². The summed E-state index contributed by atoms with van der Waals surface area (Å²) in [5.74, 6) is -3.39. The number of hydrogen-bond acceptors (Lipinski definition) is 1. The topological polar surface area (TPSA) is 17.1 Å². The maximum absolute atomic E-state index is 13.1. The summed E-state index contributed by atoms with van der Waals surface area (Å²) in [6.07, 6.45) is 4.46. The van der Waals surface area contributed by atoms with E-state index in [9.17, 15) is 18.0 Å². The number of aldehydes is 1. The van der Waals surface area contributed by atoms with Gasteiger partial charge in [0.05, 0.1) is 0 Å². The van der Waals surface area contributed by atoms with Gasteiger partial charge in [0.1, 0.15) is 6.29 Å². The average molecular weight is 254 g/mol. The SMILES string of the molecule is O=CC1CC2(C1)CC(c1cc(F)c(F)c(F)c1)C2. The number of benzene rings is 1. The van der Waals surface area contributed by atoms with Gasteiger partial charge in [0.2, 0.25) is 0 Å². The number of hydrogen-bond donors (Lipinski definition) is 0. The summed E-state index contributed by atoms with van der Waals surface area (Å²) in [6, 6.07) is 2.18. The molecule has 0 N–H and O–H groups in total. The zero-order valence-electron chi connectivity index (χ0n) is 9.76. The summed E-state index contributed by atoms with van der Waals surface area (Å²) in [7, 11) is 0. The smallest absolute Gasteiger partial charge is 0.194 e. The molecule has 1 spiro atoms. The molecule has 0 unspecified atom stereocenters. The Kier molecular flexibility index (Phi) is 2.50. The molecule has 1 aromatic carbocycles. The first-order valence-corrected chi connectivity index (χ1v) is 6.13. The number of carbonyl (C=O) groups is 1. The lowest BCUT2D eigenvalue weighted by Gasteiger charge is -2.57. The van der Waals surface area contributed by atoms with Gasteiger partial charge in [-0.3, -0.25) is 0 Å². The maximum Gasteiger partial charge on any atom is 0.194 e. The predicted octanol–water partition coefficient (Wildman–Crippen LogP) is 3.58. The number of rotatable bonds is 2. The van der Waals surface area contributed by atoms with Crippen LogP contribution < -0.4 is 0 Å². The molecule has 0 aliphatic heterocycles. The monoisotopic (exact) mass is 254 g/mol. The third-order valence-corrected chi connectivity index (χ3v) is 4.42. The molecule has 1 nitrogen and oxygen atoms in total. The van der Waals surface area contributed by atoms with Gasteiger partial charge in [-0.2, -0.15) is 0 Å². The molecule has 0 radical (unpaired) electrons. The Morgan fingerprint density at radius 1 is 1.06 bits per heavy atom. The largest absolute Gasteiger partial charge is 0.303 e. The van der Waals surface area contributed by atoms with Crippen molar-refractivity contribution in [3.63, 3.8) is 0 Å². The summed E-state index contributed by atoms with van der Waals surface area (Å²) in [6.45, 7) is 0. The van der Waals surface area contributed by atoms with E-state index in [2.05, 4.69) is 0 Å². The summed E-state index contributed by atoms with van der Waals surface area (Å²) >= 11 is 0. The first-order chi connectivity index (χ1) is 8.53. The second-order valence-electron chi connectivity index (χ2n) is 5.71. The van der Waals surface area contributed by atoms with Gasteiger partial charge in [-0.25, -0.2) is 13.2 Å². The molecule has 0 heterocycles. The molecule has 0 saturated heterocycles. The zero-order chi connectivity index (χ0) is 12.9. The van der Waals surface area contributed by atoms with Crippen LogP contribution in [0.25, 0.3) is 0 Å². The van der Waals surface area contributed by atoms with Crippen molar-refractivity contribution >= 4 is 6.29 Å². The van der Waals surface area contributed by atoms with Crippen molar-refractivity contribution in [3.8, 4) is 0 Å². The van der Waals surface area contributed by atoms with Crippen LogP contribution in [0.4, 0.5) is 13.2 Å². The highest BCUT2D eigenvalue weighted by molar-refractivity contribution is 5.56. The molecule has 0 atom stereocenters. The van der Waals surface area contributed by atoms with Crippen molar-refractivity contribution in [1.82, 2.24) is 0 Å². The minimum atomic E-state index is -1.41. The molecular formula is C14H13F3O. The van der Waals surface area contributed by atoms with Crippen molar-refractivity contribution in [2.75, 3.05) is 0 Å². The molecule has 2 aliphatic rings. The fourth-order valence-corrected chi connectivity index (χ4v) is 3.51. The molecule has 18 heavy (non-hydrogen) atoms. The van der Waals surface area contributed by atoms with E-state index in [1.165, 1.54) is 0 Å². The van der Waals surface area contributed by atoms with Crippen molar-refractivity contribution in [2.24, 2.45) is 11.3 Å². The maximum atomic E-state index is 13.1. The Labute approximate surface area is 103 Å². The number of carbonyl (C=O) groups excluding carboxylic acids is 1. The Balaban J connectivity index is 1.70. The third kappa shape index (κ3) is 1.66. The zero-order valence-corrected chi connectivity index (χ0v) is 9.76. The van der Waals surface area contributed by atoms with Gasteiger partial charge in [0.15, 0.2) is 17.5 Å². The van der Waals surface area contributed by atoms with Crippen LogP contribution in [0.2, 0.25) is 0 Å². The minimum absolute atomic E-state index is 0.0993. The van der Waals surface area contributed by atoms with Crippen LogP contribution in [0, 0.1) is 28.8 Å². The molecule has 96 valence electrons. The lowest BCUT2D eigenvalue weighted by Crippen LogP contribution is -2.47. The molecule has 2 saturated carbocycles. The highest BCUT2D eigenvalue weighted by Gasteiger charge is 2.52. The fourth-order valence-electron chi connectivity index (χ4n) is 3.51. The number of halogens is 3. The summed E-state index contributed by atoms with van der Waals surface area (Å²) < 4.78 is 39.0. The van der Waals surface area contributed by atoms with Gasteiger partial charge in [0.25, 0.3) is 0 Å². The highest BCUT2D eigenvalue weighted by Crippen LogP contribution is 2.63. The van der Waals surface area contributed by atoms with Crippen LogP contribution in [-0.4, -0.2) is 6.29 Å². The first-order valence-electron chi connectivity index (χ1n) is 6.13. The van der Waals surface area contributed by atoms with Gasteiger partial charge in [-0.15, -0.1) is 0 Å². The van der Waals surface area contributed by atoms with Crippen molar-refractivity contribution < 1.29 is 18.0 Å². The van der Waals surface area contributed by atoms with E-state index in [0.29, 0.717) is 5.56 Å². The van der Waals surface area contributed by atoms with E-state index in [1.54, 1.807) is 0 Å². The summed E-state index contributed by atoms with van der Waals surface area (Å²) in [4.78, 5) is 10.6. The Hall–Kier alpha value is -1.32. The Morgan fingerprint density at radius 3 is 2.11 bits per heavy atom. The van der Waals surface area contributed by atoms with Crippen LogP contribution in [0.1, 0.15) is 37.2 Å². The van der Waals surface area contributed by atoms with E-state index in [-0.39, 0.29) is 17.3 Å². The highest BCUT2D eigenvalue weighted by atomic mass is 19.2. The van der Waals surface area contributed by atoms with Gasteiger partial charge in [-0.1, -0.05) is 0 Å². The van der Waals surface area contributed by atoms with Crippen molar-refractivity contribution in [3.05, 3.63) is 35.1 Å². The van der Waals surface area contributed by atoms with E-state index >= 15 is 0 Å². The standard InChI is InChI=1S/C14H13F3O/c15-11-1-9(2-12(16)13(11)17)10-5-14(6-10)3-8(4-14)7-18/h1-2,7-8,10H,3-6H2. The normalized spacial score (nSPS) is 33.9. The van der Waals surface area contributed by atoms with Gasteiger partial charge in [-0.05, 0) is 54.7 Å². The molecule has 1 aromatic rings. The third-order valence-electron chi connectivity index (χ3n) is 4.42. The predicted molar refractivity (Wildman–Crippen MR) is 59.5 cm³/mol. The minimum Gasteiger partial charge on any atom is -0.303 e. The van der Waals surface area contributed by atoms with E-state index in [4.69, 9.17) is 0 Å². The van der Waals surface area contributed by atoms with E-state index in [1.807, 2.05) is 0 Å². The molecule has 0 amide bonds. The lowest BCUT2D eigenvalue weighted by molar-refractivity contribution is -0.123. The second-order valence-corrected chi connectivity index (χ2v) is 5.71. The van der Waals surface area contributed by atoms with Crippen molar-refractivity contribution in [1.29, 1.82) is 0 Å². The molecule has 0 bridgehead atoms. The second kappa shape index (κ2) is 3.84. The molecule has 4 heteroatoms. The van der Waals surface area contributed by atoms with E-state index in [0.717, 1.165) is 44.1 Å². The van der Waals surface area contributed by atoms with Gasteiger partial charge >= 0.3 is 0 Å². The Bertz CT molecular complexity index is 475. The van der Waals surface area contributed by atoms with Crippen LogP contribution >= 0.6 is 0 Å². The summed E-state index contributed by atoms with van der Waals surface area (Å²) in [5, 5.41) is 0. The van der Waals surface area contributed by atoms with Crippen LogP contribution in [-0.2, 0) is 4.79 Å².